The highest BCUT2D eigenvalue weighted by molar-refractivity contribution is 5.94. The molecule has 0 bridgehead atoms. The van der Waals surface area contributed by atoms with Crippen LogP contribution in [-0.4, -0.2) is 43.2 Å². The minimum atomic E-state index is -0.848. The molecular formula is C14H18F2N2O2. The number of carbonyl (C=O) groups excluding carboxylic acids is 1. The third-order valence-electron chi connectivity index (χ3n) is 3.70. The van der Waals surface area contributed by atoms with E-state index in [-0.39, 0.29) is 24.3 Å². The number of nitrogens with two attached hydrogens (primary N) is 1. The van der Waals surface area contributed by atoms with Gasteiger partial charge in [0, 0.05) is 32.3 Å². The number of piperidine rings is 1. The second kappa shape index (κ2) is 6.28. The molecule has 0 aromatic heterocycles. The average molecular weight is 284 g/mol. The Hall–Kier alpha value is -1.53. The third-order valence-corrected chi connectivity index (χ3v) is 3.70. The summed E-state index contributed by atoms with van der Waals surface area (Å²) in [6, 6.07) is 2.77. The Kier molecular flexibility index (Phi) is 4.67. The Morgan fingerprint density at radius 3 is 2.85 bits per heavy atom. The molecule has 2 rings (SSSR count). The first-order valence-corrected chi connectivity index (χ1v) is 6.55. The lowest BCUT2D eigenvalue weighted by Gasteiger charge is -2.38. The second-order valence-corrected chi connectivity index (χ2v) is 4.89. The topological polar surface area (TPSA) is 55.6 Å². The molecule has 2 atom stereocenters. The predicted molar refractivity (Wildman–Crippen MR) is 70.3 cm³/mol. The van der Waals surface area contributed by atoms with Crippen LogP contribution in [0.15, 0.2) is 18.2 Å². The van der Waals surface area contributed by atoms with Crippen molar-refractivity contribution in [1.82, 2.24) is 4.90 Å². The number of methoxy groups -OCH3 is 1. The fourth-order valence-electron chi connectivity index (χ4n) is 2.54. The number of carbonyl (C=O) groups is 1. The maximum absolute atomic E-state index is 13.7. The summed E-state index contributed by atoms with van der Waals surface area (Å²) < 4.78 is 31.9. The predicted octanol–water partition coefficient (Wildman–Crippen LogP) is 1.54. The van der Waals surface area contributed by atoms with Crippen LogP contribution in [0.2, 0.25) is 0 Å². The van der Waals surface area contributed by atoms with E-state index in [4.69, 9.17) is 10.5 Å². The lowest BCUT2D eigenvalue weighted by molar-refractivity contribution is 0.0137. The monoisotopic (exact) mass is 284 g/mol. The number of likely N-dealkylation sites (tertiary alicyclic amines) is 1. The van der Waals surface area contributed by atoms with Crippen LogP contribution in [0.5, 0.6) is 0 Å². The molecule has 110 valence electrons. The van der Waals surface area contributed by atoms with E-state index < -0.39 is 17.5 Å². The zero-order valence-corrected chi connectivity index (χ0v) is 11.3. The number of rotatable bonds is 3. The average Bonchev–Trinajstić information content (AvgIpc) is 2.46. The molecule has 1 amide bonds. The van der Waals surface area contributed by atoms with Gasteiger partial charge in [-0.3, -0.25) is 4.79 Å². The molecule has 1 aromatic rings. The SMILES string of the molecule is COC1CCN(C(=O)c2ccc(F)cc2F)C(CN)C1. The van der Waals surface area contributed by atoms with Crippen molar-refractivity contribution in [2.75, 3.05) is 20.2 Å². The maximum Gasteiger partial charge on any atom is 0.257 e. The van der Waals surface area contributed by atoms with E-state index in [1.165, 1.54) is 6.07 Å². The fraction of sp³-hybridized carbons (Fsp3) is 0.500. The van der Waals surface area contributed by atoms with Crippen LogP contribution in [-0.2, 0) is 4.74 Å². The number of nitrogens with zero attached hydrogens (tertiary/aromatic N) is 1. The molecule has 1 aliphatic heterocycles. The van der Waals surface area contributed by atoms with Gasteiger partial charge in [0.2, 0.25) is 0 Å². The molecule has 1 heterocycles. The molecule has 1 fully saturated rings. The zero-order valence-electron chi connectivity index (χ0n) is 11.3. The van der Waals surface area contributed by atoms with Crippen LogP contribution in [0.3, 0.4) is 0 Å². The highest BCUT2D eigenvalue weighted by Gasteiger charge is 2.32. The van der Waals surface area contributed by atoms with E-state index in [0.29, 0.717) is 25.5 Å². The zero-order chi connectivity index (χ0) is 14.7. The first kappa shape index (κ1) is 14.9. The molecule has 0 saturated carbocycles. The lowest BCUT2D eigenvalue weighted by Crippen LogP contribution is -2.51. The Balaban J connectivity index is 2.19. The highest BCUT2D eigenvalue weighted by Crippen LogP contribution is 2.22. The summed E-state index contributed by atoms with van der Waals surface area (Å²) in [5.41, 5.74) is 5.56. The Morgan fingerprint density at radius 1 is 1.50 bits per heavy atom. The molecule has 2 N–H and O–H groups in total. The van der Waals surface area contributed by atoms with Crippen LogP contribution in [0.4, 0.5) is 8.78 Å². The summed E-state index contributed by atoms with van der Waals surface area (Å²) in [6.07, 6.45) is 1.37. The van der Waals surface area contributed by atoms with Gasteiger partial charge in [-0.25, -0.2) is 8.78 Å². The van der Waals surface area contributed by atoms with Crippen LogP contribution in [0.1, 0.15) is 23.2 Å². The minimum Gasteiger partial charge on any atom is -0.381 e. The Morgan fingerprint density at radius 2 is 2.25 bits per heavy atom. The summed E-state index contributed by atoms with van der Waals surface area (Å²) >= 11 is 0. The number of amides is 1. The van der Waals surface area contributed by atoms with E-state index >= 15 is 0 Å². The Labute approximate surface area is 116 Å². The number of hydrogen-bond donors (Lipinski definition) is 1. The van der Waals surface area contributed by atoms with Crippen molar-refractivity contribution in [1.29, 1.82) is 0 Å². The van der Waals surface area contributed by atoms with Crippen molar-refractivity contribution < 1.29 is 18.3 Å². The smallest absolute Gasteiger partial charge is 0.257 e. The van der Waals surface area contributed by atoms with Crippen LogP contribution >= 0.6 is 0 Å². The lowest BCUT2D eigenvalue weighted by atomic mass is 9.98. The van der Waals surface area contributed by atoms with Crippen molar-refractivity contribution in [3.63, 3.8) is 0 Å². The van der Waals surface area contributed by atoms with E-state index in [1.807, 2.05) is 0 Å². The summed E-state index contributed by atoms with van der Waals surface area (Å²) in [4.78, 5) is 13.9. The standard InChI is InChI=1S/C14H18F2N2O2/c1-20-11-4-5-18(10(7-11)8-17)14(19)12-3-2-9(15)6-13(12)16/h2-3,6,10-11H,4-5,7-8,17H2,1H3. The van der Waals surface area contributed by atoms with E-state index in [1.54, 1.807) is 12.0 Å². The third kappa shape index (κ3) is 2.96. The fourth-order valence-corrected chi connectivity index (χ4v) is 2.54. The number of ether oxygens (including phenoxy) is 1. The molecule has 0 radical (unpaired) electrons. The summed E-state index contributed by atoms with van der Waals surface area (Å²) in [5, 5.41) is 0. The van der Waals surface area contributed by atoms with Gasteiger partial charge in [0.1, 0.15) is 11.6 Å². The maximum atomic E-state index is 13.7. The van der Waals surface area contributed by atoms with Crippen LogP contribution in [0.25, 0.3) is 0 Å². The Bertz CT molecular complexity index is 496. The van der Waals surface area contributed by atoms with Crippen molar-refractivity contribution in [3.8, 4) is 0 Å². The minimum absolute atomic E-state index is 0.0608. The van der Waals surface area contributed by atoms with E-state index in [2.05, 4.69) is 0 Å². The first-order valence-electron chi connectivity index (χ1n) is 6.55. The van der Waals surface area contributed by atoms with Crippen molar-refractivity contribution >= 4 is 5.91 Å². The number of hydrogen-bond acceptors (Lipinski definition) is 3. The van der Waals surface area contributed by atoms with Gasteiger partial charge in [0.05, 0.1) is 11.7 Å². The van der Waals surface area contributed by atoms with Gasteiger partial charge in [0.25, 0.3) is 5.91 Å². The summed E-state index contributed by atoms with van der Waals surface area (Å²) in [5.74, 6) is -2.00. The number of halogens is 2. The van der Waals surface area contributed by atoms with Crippen molar-refractivity contribution in [2.45, 2.75) is 25.0 Å². The molecule has 0 spiro atoms. The van der Waals surface area contributed by atoms with Gasteiger partial charge in [-0.05, 0) is 25.0 Å². The van der Waals surface area contributed by atoms with Gasteiger partial charge in [-0.2, -0.15) is 0 Å². The molecule has 4 nitrogen and oxygen atoms in total. The molecule has 1 saturated heterocycles. The molecule has 1 aliphatic rings. The van der Waals surface area contributed by atoms with E-state index in [0.717, 1.165) is 6.07 Å². The van der Waals surface area contributed by atoms with Gasteiger partial charge in [-0.1, -0.05) is 0 Å². The van der Waals surface area contributed by atoms with Gasteiger partial charge >= 0.3 is 0 Å². The normalized spacial score (nSPS) is 22.9. The van der Waals surface area contributed by atoms with Gasteiger partial charge in [0.15, 0.2) is 0 Å². The van der Waals surface area contributed by atoms with Gasteiger partial charge < -0.3 is 15.4 Å². The van der Waals surface area contributed by atoms with Crippen molar-refractivity contribution in [3.05, 3.63) is 35.4 Å². The van der Waals surface area contributed by atoms with Crippen LogP contribution < -0.4 is 5.73 Å². The molecule has 20 heavy (non-hydrogen) atoms. The molecule has 0 aliphatic carbocycles. The summed E-state index contributed by atoms with van der Waals surface area (Å²) in [7, 11) is 1.62. The molecule has 2 unspecified atom stereocenters. The molecular weight excluding hydrogens is 266 g/mol. The second-order valence-electron chi connectivity index (χ2n) is 4.89. The number of benzene rings is 1. The van der Waals surface area contributed by atoms with Crippen molar-refractivity contribution in [2.24, 2.45) is 5.73 Å². The van der Waals surface area contributed by atoms with E-state index in [9.17, 15) is 13.6 Å². The largest absolute Gasteiger partial charge is 0.381 e. The first-order chi connectivity index (χ1) is 9.56. The summed E-state index contributed by atoms with van der Waals surface area (Å²) in [6.45, 7) is 0.741. The van der Waals surface area contributed by atoms with Crippen LogP contribution in [0, 0.1) is 11.6 Å². The molecule has 6 heteroatoms. The highest BCUT2D eigenvalue weighted by atomic mass is 19.1. The quantitative estimate of drug-likeness (QED) is 0.916. The van der Waals surface area contributed by atoms with Gasteiger partial charge in [-0.15, -0.1) is 0 Å². The molecule has 1 aromatic carbocycles.